The molecule has 0 heterocycles. The van der Waals surface area contributed by atoms with Crippen molar-refractivity contribution in [3.63, 3.8) is 0 Å². The number of hydrogen-bond donors (Lipinski definition) is 0. The third-order valence-corrected chi connectivity index (χ3v) is 6.28. The summed E-state index contributed by atoms with van der Waals surface area (Å²) < 4.78 is 0. The fourth-order valence-electron chi connectivity index (χ4n) is 4.82. The van der Waals surface area contributed by atoms with Crippen molar-refractivity contribution in [1.29, 1.82) is 0 Å². The van der Waals surface area contributed by atoms with Gasteiger partial charge in [0.25, 0.3) is 0 Å². The molecule has 0 fully saturated rings. The Morgan fingerprint density at radius 3 is 2.56 bits per heavy atom. The van der Waals surface area contributed by atoms with Gasteiger partial charge in [-0.3, -0.25) is 0 Å². The van der Waals surface area contributed by atoms with Crippen molar-refractivity contribution >= 4 is 5.57 Å². The van der Waals surface area contributed by atoms with E-state index in [4.69, 9.17) is 0 Å². The lowest BCUT2D eigenvalue weighted by atomic mass is 9.80. The molecule has 0 heteroatoms. The first-order valence-electron chi connectivity index (χ1n) is 9.48. The summed E-state index contributed by atoms with van der Waals surface area (Å²) in [7, 11) is 0. The van der Waals surface area contributed by atoms with Crippen molar-refractivity contribution in [2.45, 2.75) is 44.9 Å². The predicted octanol–water partition coefficient (Wildman–Crippen LogP) is 6.82. The van der Waals surface area contributed by atoms with E-state index in [1.807, 2.05) is 0 Å². The Balaban J connectivity index is 1.61. The van der Waals surface area contributed by atoms with Gasteiger partial charge in [-0.05, 0) is 76.3 Å². The van der Waals surface area contributed by atoms with Crippen LogP contribution in [0.5, 0.6) is 0 Å². The van der Waals surface area contributed by atoms with Crippen LogP contribution in [0.1, 0.15) is 56.2 Å². The van der Waals surface area contributed by atoms with Crippen LogP contribution < -0.4 is 0 Å². The fourth-order valence-corrected chi connectivity index (χ4v) is 4.82. The number of rotatable bonds is 1. The zero-order valence-electron chi connectivity index (χ0n) is 15.1. The van der Waals surface area contributed by atoms with Crippen molar-refractivity contribution in [2.75, 3.05) is 0 Å². The Bertz CT molecular complexity index is 963. The maximum atomic E-state index is 2.47. The number of allylic oxidation sites excluding steroid dienone is 6. The maximum Gasteiger partial charge on any atom is 0.0159 e. The first-order chi connectivity index (χ1) is 12.1. The van der Waals surface area contributed by atoms with Crippen LogP contribution >= 0.6 is 0 Å². The third kappa shape index (κ3) is 2.20. The SMILES string of the molecule is CC1(C)c2ccccc2-c2ccc(C3=CC4=C(C=CCC4)CC3)cc21. The van der Waals surface area contributed by atoms with E-state index in [9.17, 15) is 0 Å². The molecule has 0 atom stereocenters. The molecule has 0 amide bonds. The largest absolute Gasteiger partial charge is 0.0839 e. The van der Waals surface area contributed by atoms with Crippen molar-refractivity contribution < 1.29 is 0 Å². The normalized spacial score (nSPS) is 20.0. The number of hydrogen-bond acceptors (Lipinski definition) is 0. The van der Waals surface area contributed by atoms with E-state index in [2.05, 4.69) is 74.5 Å². The van der Waals surface area contributed by atoms with Crippen LogP contribution in [0.3, 0.4) is 0 Å². The van der Waals surface area contributed by atoms with Gasteiger partial charge in [0.15, 0.2) is 0 Å². The molecule has 5 rings (SSSR count). The van der Waals surface area contributed by atoms with E-state index in [0.29, 0.717) is 0 Å². The summed E-state index contributed by atoms with van der Waals surface area (Å²) in [6, 6.07) is 16.0. The van der Waals surface area contributed by atoms with Crippen LogP contribution in [-0.4, -0.2) is 0 Å². The quantitative estimate of drug-likeness (QED) is 0.540. The van der Waals surface area contributed by atoms with Crippen LogP contribution in [0.25, 0.3) is 16.7 Å². The summed E-state index contributed by atoms with van der Waals surface area (Å²) in [5.41, 5.74) is 11.9. The van der Waals surface area contributed by atoms with Crippen LogP contribution in [0, 0.1) is 0 Å². The van der Waals surface area contributed by atoms with Crippen molar-refractivity contribution in [3.05, 3.63) is 88.5 Å². The van der Waals surface area contributed by atoms with Crippen LogP contribution in [0.2, 0.25) is 0 Å². The molecule has 0 spiro atoms. The van der Waals surface area contributed by atoms with Gasteiger partial charge in [-0.1, -0.05) is 68.5 Å². The predicted molar refractivity (Wildman–Crippen MR) is 107 cm³/mol. The number of benzene rings is 2. The van der Waals surface area contributed by atoms with Gasteiger partial charge in [0.1, 0.15) is 0 Å². The molecule has 3 aliphatic carbocycles. The van der Waals surface area contributed by atoms with Gasteiger partial charge in [-0.15, -0.1) is 0 Å². The number of fused-ring (bicyclic) bond motifs is 3. The summed E-state index contributed by atoms with van der Waals surface area (Å²) in [5.74, 6) is 0. The Hall–Kier alpha value is -2.34. The highest BCUT2D eigenvalue weighted by atomic mass is 14.4. The average molecular weight is 324 g/mol. The van der Waals surface area contributed by atoms with Gasteiger partial charge in [0, 0.05) is 5.41 Å². The van der Waals surface area contributed by atoms with E-state index in [0.717, 1.165) is 6.42 Å². The van der Waals surface area contributed by atoms with Gasteiger partial charge in [-0.25, -0.2) is 0 Å². The lowest BCUT2D eigenvalue weighted by molar-refractivity contribution is 0.660. The lowest BCUT2D eigenvalue weighted by Gasteiger charge is -2.24. The highest BCUT2D eigenvalue weighted by Gasteiger charge is 2.35. The molecular formula is C25H24. The second-order valence-electron chi connectivity index (χ2n) is 8.09. The highest BCUT2D eigenvalue weighted by Crippen LogP contribution is 2.49. The maximum absolute atomic E-state index is 2.47. The molecule has 0 saturated carbocycles. The third-order valence-electron chi connectivity index (χ3n) is 6.28. The summed E-state index contributed by atoms with van der Waals surface area (Å²) in [5, 5.41) is 0. The minimum absolute atomic E-state index is 0.0924. The van der Waals surface area contributed by atoms with E-state index in [1.54, 1.807) is 11.1 Å². The zero-order valence-corrected chi connectivity index (χ0v) is 15.1. The van der Waals surface area contributed by atoms with Gasteiger partial charge < -0.3 is 0 Å². The van der Waals surface area contributed by atoms with E-state index >= 15 is 0 Å². The Morgan fingerprint density at radius 2 is 1.64 bits per heavy atom. The van der Waals surface area contributed by atoms with E-state index in [-0.39, 0.29) is 5.41 Å². The van der Waals surface area contributed by atoms with Crippen molar-refractivity contribution in [2.24, 2.45) is 0 Å². The summed E-state index contributed by atoms with van der Waals surface area (Å²) in [4.78, 5) is 0. The molecule has 0 saturated heterocycles. The van der Waals surface area contributed by atoms with Crippen LogP contribution in [0.4, 0.5) is 0 Å². The summed E-state index contributed by atoms with van der Waals surface area (Å²) >= 11 is 0. The first kappa shape index (κ1) is 15.0. The minimum atomic E-state index is 0.0924. The van der Waals surface area contributed by atoms with Crippen molar-refractivity contribution in [3.8, 4) is 11.1 Å². The lowest BCUT2D eigenvalue weighted by Crippen LogP contribution is -2.15. The Kier molecular flexibility index (Phi) is 3.19. The molecule has 2 aromatic carbocycles. The second-order valence-corrected chi connectivity index (χ2v) is 8.09. The molecule has 0 radical (unpaired) electrons. The van der Waals surface area contributed by atoms with Gasteiger partial charge in [0.2, 0.25) is 0 Å². The second kappa shape index (κ2) is 5.33. The molecule has 124 valence electrons. The molecule has 0 bridgehead atoms. The van der Waals surface area contributed by atoms with E-state index in [1.165, 1.54) is 52.7 Å². The van der Waals surface area contributed by atoms with Crippen LogP contribution in [0.15, 0.2) is 71.8 Å². The van der Waals surface area contributed by atoms with Gasteiger partial charge >= 0.3 is 0 Å². The van der Waals surface area contributed by atoms with Gasteiger partial charge in [0.05, 0.1) is 0 Å². The first-order valence-corrected chi connectivity index (χ1v) is 9.48. The molecule has 25 heavy (non-hydrogen) atoms. The molecule has 0 unspecified atom stereocenters. The van der Waals surface area contributed by atoms with Crippen LogP contribution in [-0.2, 0) is 5.41 Å². The smallest absolute Gasteiger partial charge is 0.0159 e. The van der Waals surface area contributed by atoms with Crippen molar-refractivity contribution in [1.82, 2.24) is 0 Å². The average Bonchev–Trinajstić information content (AvgIpc) is 2.89. The zero-order chi connectivity index (χ0) is 17.0. The van der Waals surface area contributed by atoms with E-state index < -0.39 is 0 Å². The minimum Gasteiger partial charge on any atom is -0.0839 e. The monoisotopic (exact) mass is 324 g/mol. The molecule has 2 aromatic rings. The summed E-state index contributed by atoms with van der Waals surface area (Å²) in [6.07, 6.45) is 11.9. The van der Waals surface area contributed by atoms with Gasteiger partial charge in [-0.2, -0.15) is 0 Å². The topological polar surface area (TPSA) is 0 Å². The molecular weight excluding hydrogens is 300 g/mol. The standard InChI is InChI=1S/C25H24/c1-25(2)23-10-6-5-9-21(23)22-14-13-20(16-24(22)25)19-12-11-17-7-3-4-8-18(17)15-19/h3,5-7,9-10,13-16H,4,8,11-12H2,1-2H3. The summed E-state index contributed by atoms with van der Waals surface area (Å²) in [6.45, 7) is 4.73. The Labute approximate surface area is 150 Å². The highest BCUT2D eigenvalue weighted by molar-refractivity contribution is 5.83. The molecule has 0 nitrogen and oxygen atoms in total. The molecule has 3 aliphatic rings. The molecule has 0 aromatic heterocycles. The molecule has 0 N–H and O–H groups in total. The Morgan fingerprint density at radius 1 is 0.800 bits per heavy atom. The fraction of sp³-hybridized carbons (Fsp3) is 0.280. The molecule has 0 aliphatic heterocycles.